The smallest absolute Gasteiger partial charge is 0.104 e. The maximum absolute atomic E-state index is 9.01. The number of unbranched alkanes of at least 4 members (excludes halogenated alkanes) is 3. The van der Waals surface area contributed by atoms with Crippen molar-refractivity contribution in [2.75, 3.05) is 19.0 Å². The highest BCUT2D eigenvalue weighted by Gasteiger charge is 1.95. The van der Waals surface area contributed by atoms with E-state index in [0.717, 1.165) is 10.7 Å². The van der Waals surface area contributed by atoms with Crippen molar-refractivity contribution in [1.82, 2.24) is 0 Å². The van der Waals surface area contributed by atoms with Gasteiger partial charge in [-0.1, -0.05) is 38.0 Å². The minimum Gasteiger partial charge on any atom is -0.391 e. The topological polar surface area (TPSA) is 40.5 Å². The molecule has 86 valence electrons. The lowest BCUT2D eigenvalue weighted by atomic mass is 10.2. The van der Waals surface area contributed by atoms with E-state index < -0.39 is 0 Å². The molecule has 3 heteroatoms. The first-order chi connectivity index (χ1) is 7.35. The maximum atomic E-state index is 9.01. The van der Waals surface area contributed by atoms with Crippen LogP contribution in [-0.2, 0) is 0 Å². The predicted octanol–water partition coefficient (Wildman–Crippen LogP) is 2.17. The Morgan fingerprint density at radius 3 is 2.67 bits per heavy atom. The van der Waals surface area contributed by atoms with Crippen molar-refractivity contribution >= 4 is 11.8 Å². The van der Waals surface area contributed by atoms with Crippen molar-refractivity contribution < 1.29 is 10.2 Å². The van der Waals surface area contributed by atoms with Gasteiger partial charge >= 0.3 is 0 Å². The van der Waals surface area contributed by atoms with E-state index in [2.05, 4.69) is 18.8 Å². The number of rotatable bonds is 7. The van der Waals surface area contributed by atoms with Crippen LogP contribution in [0.2, 0.25) is 0 Å². The number of hydrogen-bond acceptors (Lipinski definition) is 3. The Kier molecular flexibility index (Phi) is 11.3. The van der Waals surface area contributed by atoms with Gasteiger partial charge in [-0.15, -0.1) is 11.8 Å². The van der Waals surface area contributed by atoms with Gasteiger partial charge in [0.1, 0.15) is 6.61 Å². The summed E-state index contributed by atoms with van der Waals surface area (Å²) in [5, 5.41) is 17.5. The molecule has 0 bridgehead atoms. The van der Waals surface area contributed by atoms with E-state index in [1.807, 2.05) is 0 Å². The number of hydrogen-bond donors (Lipinski definition) is 2. The third-order valence-corrected chi connectivity index (χ3v) is 2.97. The molecule has 0 saturated carbocycles. The SMILES string of the molecule is CCCCCCS/C(=C/C#CCO)CO. The summed E-state index contributed by atoms with van der Waals surface area (Å²) in [5.41, 5.74) is 0. The Bertz CT molecular complexity index is 226. The second kappa shape index (κ2) is 11.6. The van der Waals surface area contributed by atoms with Crippen LogP contribution < -0.4 is 0 Å². The van der Waals surface area contributed by atoms with Crippen molar-refractivity contribution in [2.24, 2.45) is 0 Å². The van der Waals surface area contributed by atoms with Gasteiger partial charge in [0, 0.05) is 11.0 Å². The molecule has 0 heterocycles. The third-order valence-electron chi connectivity index (χ3n) is 1.86. The van der Waals surface area contributed by atoms with Crippen molar-refractivity contribution in [1.29, 1.82) is 0 Å². The van der Waals surface area contributed by atoms with Crippen LogP contribution in [0.5, 0.6) is 0 Å². The Labute approximate surface area is 96.8 Å². The molecule has 2 nitrogen and oxygen atoms in total. The summed E-state index contributed by atoms with van der Waals surface area (Å²) < 4.78 is 0. The third kappa shape index (κ3) is 9.86. The summed E-state index contributed by atoms with van der Waals surface area (Å²) in [6, 6.07) is 0. The van der Waals surface area contributed by atoms with Crippen molar-refractivity contribution in [3.63, 3.8) is 0 Å². The van der Waals surface area contributed by atoms with E-state index in [9.17, 15) is 0 Å². The molecule has 0 rings (SSSR count). The molecule has 0 unspecified atom stereocenters. The average Bonchev–Trinajstić information content (AvgIpc) is 2.26. The van der Waals surface area contributed by atoms with Crippen molar-refractivity contribution in [3.05, 3.63) is 11.0 Å². The second-order valence-corrected chi connectivity index (χ2v) is 4.38. The molecule has 0 amide bonds. The molecule has 0 radical (unpaired) electrons. The quantitative estimate of drug-likeness (QED) is 0.518. The fourth-order valence-electron chi connectivity index (χ4n) is 1.04. The van der Waals surface area contributed by atoms with Gasteiger partial charge in [0.25, 0.3) is 0 Å². The van der Waals surface area contributed by atoms with E-state index in [0.29, 0.717) is 0 Å². The normalized spacial score (nSPS) is 11.0. The van der Waals surface area contributed by atoms with Crippen molar-refractivity contribution in [2.45, 2.75) is 32.6 Å². The van der Waals surface area contributed by atoms with Gasteiger partial charge < -0.3 is 10.2 Å². The zero-order valence-electron chi connectivity index (χ0n) is 9.33. The molecular weight excluding hydrogens is 208 g/mol. The lowest BCUT2D eigenvalue weighted by Gasteiger charge is -2.01. The number of aliphatic hydroxyl groups is 2. The lowest BCUT2D eigenvalue weighted by molar-refractivity contribution is 0.339. The van der Waals surface area contributed by atoms with Gasteiger partial charge in [0.2, 0.25) is 0 Å². The zero-order chi connectivity index (χ0) is 11.4. The lowest BCUT2D eigenvalue weighted by Crippen LogP contribution is -1.88. The Hall–Kier alpha value is -0.430. The van der Waals surface area contributed by atoms with Crippen molar-refractivity contribution in [3.8, 4) is 11.8 Å². The molecule has 2 N–H and O–H groups in total. The first-order valence-electron chi connectivity index (χ1n) is 5.37. The Morgan fingerprint density at radius 2 is 2.07 bits per heavy atom. The summed E-state index contributed by atoms with van der Waals surface area (Å²) in [6.07, 6.45) is 6.65. The average molecular weight is 228 g/mol. The minimum absolute atomic E-state index is 0.0402. The van der Waals surface area contributed by atoms with Crippen LogP contribution in [0, 0.1) is 11.8 Å². The fourth-order valence-corrected chi connectivity index (χ4v) is 1.89. The van der Waals surface area contributed by atoms with Gasteiger partial charge in [-0.3, -0.25) is 0 Å². The summed E-state index contributed by atoms with van der Waals surface area (Å²) in [5.74, 6) is 6.26. The first-order valence-corrected chi connectivity index (χ1v) is 6.35. The van der Waals surface area contributed by atoms with Gasteiger partial charge in [-0.25, -0.2) is 0 Å². The number of aliphatic hydroxyl groups excluding tert-OH is 2. The van der Waals surface area contributed by atoms with E-state index in [1.54, 1.807) is 17.8 Å². The molecule has 0 atom stereocenters. The molecule has 15 heavy (non-hydrogen) atoms. The summed E-state index contributed by atoms with van der Waals surface area (Å²) >= 11 is 1.65. The molecule has 0 aromatic rings. The standard InChI is InChI=1S/C12H20O2S/c1-2-3-4-7-10-15-12(11-14)8-5-6-9-13/h8,13-14H,2-4,7,9-11H2,1H3/b12-8+. The van der Waals surface area contributed by atoms with Crippen LogP contribution in [0.4, 0.5) is 0 Å². The molecule has 0 aromatic heterocycles. The Morgan fingerprint density at radius 1 is 1.27 bits per heavy atom. The molecular formula is C12H20O2S. The molecule has 0 aliphatic rings. The second-order valence-electron chi connectivity index (χ2n) is 3.16. The van der Waals surface area contributed by atoms with Gasteiger partial charge in [-0.2, -0.15) is 0 Å². The van der Waals surface area contributed by atoms with Crippen LogP contribution in [-0.4, -0.2) is 29.2 Å². The predicted molar refractivity (Wildman–Crippen MR) is 66.6 cm³/mol. The molecule has 0 spiro atoms. The highest BCUT2D eigenvalue weighted by Crippen LogP contribution is 2.16. The number of thioether (sulfide) groups is 1. The fraction of sp³-hybridized carbons (Fsp3) is 0.667. The highest BCUT2D eigenvalue weighted by molar-refractivity contribution is 8.03. The van der Waals surface area contributed by atoms with Gasteiger partial charge in [0.15, 0.2) is 0 Å². The van der Waals surface area contributed by atoms with E-state index in [4.69, 9.17) is 10.2 Å². The van der Waals surface area contributed by atoms with Gasteiger partial charge in [-0.05, 0) is 12.2 Å². The van der Waals surface area contributed by atoms with Gasteiger partial charge in [0.05, 0.1) is 6.61 Å². The van der Waals surface area contributed by atoms with E-state index >= 15 is 0 Å². The summed E-state index contributed by atoms with van der Waals surface area (Å²) in [6.45, 7) is 2.10. The number of allylic oxidation sites excluding steroid dienone is 1. The molecule has 0 aliphatic carbocycles. The zero-order valence-corrected chi connectivity index (χ0v) is 10.1. The minimum atomic E-state index is -0.129. The molecule has 0 fully saturated rings. The van der Waals surface area contributed by atoms with Crippen LogP contribution in [0.3, 0.4) is 0 Å². The maximum Gasteiger partial charge on any atom is 0.104 e. The highest BCUT2D eigenvalue weighted by atomic mass is 32.2. The monoisotopic (exact) mass is 228 g/mol. The van der Waals surface area contributed by atoms with E-state index in [-0.39, 0.29) is 13.2 Å². The largest absolute Gasteiger partial charge is 0.391 e. The molecule has 0 aromatic carbocycles. The van der Waals surface area contributed by atoms with E-state index in [1.165, 1.54) is 25.7 Å². The van der Waals surface area contributed by atoms with Crippen LogP contribution in [0.15, 0.2) is 11.0 Å². The molecule has 0 aliphatic heterocycles. The van der Waals surface area contributed by atoms with Crippen LogP contribution in [0.1, 0.15) is 32.6 Å². The molecule has 0 saturated heterocycles. The van der Waals surface area contributed by atoms with Crippen LogP contribution in [0.25, 0.3) is 0 Å². The summed E-state index contributed by atoms with van der Waals surface area (Å²) in [7, 11) is 0. The summed E-state index contributed by atoms with van der Waals surface area (Å²) in [4.78, 5) is 0.882. The first kappa shape index (κ1) is 14.6. The Balaban J connectivity index is 3.65. The van der Waals surface area contributed by atoms with Crippen LogP contribution >= 0.6 is 11.8 Å².